The van der Waals surface area contributed by atoms with Crippen LogP contribution in [0.1, 0.15) is 10.7 Å². The summed E-state index contributed by atoms with van der Waals surface area (Å²) in [6.45, 7) is 0.323. The summed E-state index contributed by atoms with van der Waals surface area (Å²) in [4.78, 5) is 4.24. The maximum Gasteiger partial charge on any atom is 0.142 e. The first-order chi connectivity index (χ1) is 8.19. The van der Waals surface area contributed by atoms with Gasteiger partial charge in [-0.25, -0.2) is 9.37 Å². The van der Waals surface area contributed by atoms with E-state index in [4.69, 9.17) is 27.9 Å². The normalized spacial score (nSPS) is 10.5. The largest absolute Gasteiger partial charge is 0.486 e. The van der Waals surface area contributed by atoms with E-state index in [1.54, 1.807) is 0 Å². The first kappa shape index (κ1) is 12.6. The van der Waals surface area contributed by atoms with Gasteiger partial charge < -0.3 is 4.74 Å². The molecule has 0 saturated heterocycles. The van der Waals surface area contributed by atoms with Crippen LogP contribution in [0.15, 0.2) is 23.6 Å². The molecule has 2 rings (SSSR count). The van der Waals surface area contributed by atoms with E-state index in [1.807, 2.05) is 5.38 Å². The third-order valence-electron chi connectivity index (χ3n) is 1.99. The number of aromatic nitrogens is 1. The molecule has 1 aromatic heterocycles. The molecule has 0 fully saturated rings. The van der Waals surface area contributed by atoms with Crippen LogP contribution in [0.2, 0.25) is 5.02 Å². The first-order valence-electron chi connectivity index (χ1n) is 4.76. The van der Waals surface area contributed by atoms with Gasteiger partial charge >= 0.3 is 0 Å². The summed E-state index contributed by atoms with van der Waals surface area (Å²) in [6.07, 6.45) is 0. The highest BCUT2D eigenvalue weighted by molar-refractivity contribution is 7.09. The van der Waals surface area contributed by atoms with Gasteiger partial charge in [0.2, 0.25) is 0 Å². The molecule has 0 N–H and O–H groups in total. The van der Waals surface area contributed by atoms with Crippen molar-refractivity contribution in [1.82, 2.24) is 4.98 Å². The Kier molecular flexibility index (Phi) is 4.20. The van der Waals surface area contributed by atoms with Crippen LogP contribution >= 0.6 is 34.5 Å². The highest BCUT2D eigenvalue weighted by atomic mass is 35.5. The van der Waals surface area contributed by atoms with Gasteiger partial charge in [-0.2, -0.15) is 0 Å². The predicted octanol–water partition coefficient (Wildman–Crippen LogP) is 4.25. The van der Waals surface area contributed by atoms with Crippen LogP contribution in [-0.2, 0) is 12.5 Å². The van der Waals surface area contributed by atoms with Crippen LogP contribution in [0.5, 0.6) is 5.75 Å². The van der Waals surface area contributed by atoms with Gasteiger partial charge in [0.1, 0.15) is 23.2 Å². The Morgan fingerprint density at radius 1 is 1.41 bits per heavy atom. The lowest BCUT2D eigenvalue weighted by molar-refractivity contribution is 0.305. The summed E-state index contributed by atoms with van der Waals surface area (Å²) in [6, 6.07) is 4.23. The van der Waals surface area contributed by atoms with Gasteiger partial charge in [-0.3, -0.25) is 0 Å². The van der Waals surface area contributed by atoms with Gasteiger partial charge in [0, 0.05) is 11.4 Å². The molecule has 0 saturated carbocycles. The summed E-state index contributed by atoms with van der Waals surface area (Å²) in [7, 11) is 0. The Balaban J connectivity index is 1.99. The standard InChI is InChI=1S/C11H8Cl2FNOS/c12-4-7-6-17-11(15-7)5-16-8-1-2-10(14)9(13)3-8/h1-3,6H,4-5H2. The first-order valence-corrected chi connectivity index (χ1v) is 6.55. The van der Waals surface area contributed by atoms with Crippen molar-refractivity contribution in [2.75, 3.05) is 0 Å². The van der Waals surface area contributed by atoms with Gasteiger partial charge in [-0.05, 0) is 12.1 Å². The smallest absolute Gasteiger partial charge is 0.142 e. The van der Waals surface area contributed by atoms with E-state index in [0.29, 0.717) is 18.2 Å². The fourth-order valence-corrected chi connectivity index (χ4v) is 2.29. The molecule has 1 aromatic carbocycles. The fourth-order valence-electron chi connectivity index (χ4n) is 1.19. The number of alkyl halides is 1. The summed E-state index contributed by atoms with van der Waals surface area (Å²) in [5.74, 6) is 0.440. The Bertz CT molecular complexity index is 518. The van der Waals surface area contributed by atoms with Gasteiger partial charge in [-0.15, -0.1) is 22.9 Å². The molecule has 17 heavy (non-hydrogen) atoms. The Morgan fingerprint density at radius 2 is 2.24 bits per heavy atom. The molecule has 1 heterocycles. The number of hydrogen-bond donors (Lipinski definition) is 0. The third kappa shape index (κ3) is 3.31. The molecule has 2 nitrogen and oxygen atoms in total. The second-order valence-corrected chi connectivity index (χ2v) is 4.85. The van der Waals surface area contributed by atoms with Crippen LogP contribution < -0.4 is 4.74 Å². The number of nitrogens with zero attached hydrogens (tertiary/aromatic N) is 1. The molecular weight excluding hydrogens is 284 g/mol. The number of benzene rings is 1. The van der Waals surface area contributed by atoms with Crippen LogP contribution in [-0.4, -0.2) is 4.98 Å². The molecule has 0 atom stereocenters. The average Bonchev–Trinajstić information content (AvgIpc) is 2.79. The SMILES string of the molecule is Fc1ccc(OCc2nc(CCl)cs2)cc1Cl. The molecule has 0 unspecified atom stereocenters. The zero-order valence-electron chi connectivity index (χ0n) is 8.62. The average molecular weight is 292 g/mol. The summed E-state index contributed by atoms with van der Waals surface area (Å²) < 4.78 is 18.3. The fraction of sp³-hybridized carbons (Fsp3) is 0.182. The molecule has 90 valence electrons. The minimum Gasteiger partial charge on any atom is -0.486 e. The molecule has 0 aliphatic rings. The third-order valence-corrected chi connectivity index (χ3v) is 3.42. The van der Waals surface area contributed by atoms with Crippen LogP contribution in [0.25, 0.3) is 0 Å². The topological polar surface area (TPSA) is 22.1 Å². The molecular formula is C11H8Cl2FNOS. The van der Waals surface area contributed by atoms with E-state index in [1.165, 1.54) is 29.5 Å². The van der Waals surface area contributed by atoms with Gasteiger partial charge in [0.05, 0.1) is 16.6 Å². The molecule has 0 bridgehead atoms. The van der Waals surface area contributed by atoms with Crippen molar-refractivity contribution in [3.8, 4) is 5.75 Å². The van der Waals surface area contributed by atoms with Gasteiger partial charge in [0.25, 0.3) is 0 Å². The quantitative estimate of drug-likeness (QED) is 0.786. The predicted molar refractivity (Wildman–Crippen MR) is 67.4 cm³/mol. The molecule has 0 spiro atoms. The van der Waals surface area contributed by atoms with Crippen LogP contribution in [0.4, 0.5) is 4.39 Å². The summed E-state index contributed by atoms with van der Waals surface area (Å²) in [5.41, 5.74) is 0.826. The van der Waals surface area contributed by atoms with Gasteiger partial charge in [0.15, 0.2) is 0 Å². The number of thiazole rings is 1. The number of rotatable bonds is 4. The Morgan fingerprint density at radius 3 is 2.88 bits per heavy atom. The van der Waals surface area contributed by atoms with Crippen molar-refractivity contribution in [1.29, 1.82) is 0 Å². The van der Waals surface area contributed by atoms with E-state index in [9.17, 15) is 4.39 Å². The lowest BCUT2D eigenvalue weighted by Gasteiger charge is -2.04. The maximum absolute atomic E-state index is 12.9. The van der Waals surface area contributed by atoms with E-state index >= 15 is 0 Å². The van der Waals surface area contributed by atoms with E-state index < -0.39 is 5.82 Å². The monoisotopic (exact) mass is 291 g/mol. The van der Waals surface area contributed by atoms with Crippen molar-refractivity contribution in [3.63, 3.8) is 0 Å². The zero-order chi connectivity index (χ0) is 12.3. The molecule has 0 aliphatic carbocycles. The number of halogens is 3. The number of ether oxygens (including phenoxy) is 1. The molecule has 6 heteroatoms. The van der Waals surface area contributed by atoms with Crippen LogP contribution in [0, 0.1) is 5.82 Å². The highest BCUT2D eigenvalue weighted by Crippen LogP contribution is 2.22. The van der Waals surface area contributed by atoms with Crippen molar-refractivity contribution in [2.45, 2.75) is 12.5 Å². The Labute approximate surface area is 112 Å². The zero-order valence-corrected chi connectivity index (χ0v) is 10.9. The van der Waals surface area contributed by atoms with Crippen LogP contribution in [0.3, 0.4) is 0 Å². The second-order valence-electron chi connectivity index (χ2n) is 3.23. The van der Waals surface area contributed by atoms with Crippen molar-refractivity contribution in [3.05, 3.63) is 45.1 Å². The van der Waals surface area contributed by atoms with E-state index in [0.717, 1.165) is 10.7 Å². The van der Waals surface area contributed by atoms with Crippen molar-refractivity contribution in [2.24, 2.45) is 0 Å². The lowest BCUT2D eigenvalue weighted by Crippen LogP contribution is -1.95. The molecule has 2 aromatic rings. The van der Waals surface area contributed by atoms with E-state index in [-0.39, 0.29) is 5.02 Å². The number of hydrogen-bond acceptors (Lipinski definition) is 3. The van der Waals surface area contributed by atoms with Crippen molar-refractivity contribution < 1.29 is 9.13 Å². The lowest BCUT2D eigenvalue weighted by atomic mass is 10.3. The second kappa shape index (κ2) is 5.67. The molecule has 0 aliphatic heterocycles. The maximum atomic E-state index is 12.9. The highest BCUT2D eigenvalue weighted by Gasteiger charge is 2.04. The van der Waals surface area contributed by atoms with Crippen molar-refractivity contribution >= 4 is 34.5 Å². The van der Waals surface area contributed by atoms with E-state index in [2.05, 4.69) is 4.98 Å². The molecule has 0 amide bonds. The summed E-state index contributed by atoms with van der Waals surface area (Å²) >= 11 is 12.7. The molecule has 0 radical (unpaired) electrons. The van der Waals surface area contributed by atoms with Gasteiger partial charge in [-0.1, -0.05) is 11.6 Å². The minimum absolute atomic E-state index is 0.0445. The minimum atomic E-state index is -0.460. The Hall–Kier alpha value is -0.840. The summed E-state index contributed by atoms with van der Waals surface area (Å²) in [5, 5.41) is 2.74.